The van der Waals surface area contributed by atoms with Crippen LogP contribution in [0.5, 0.6) is 0 Å². The third kappa shape index (κ3) is 4.96. The monoisotopic (exact) mass is 508 g/mol. The number of carboxylic acids is 1. The number of amides is 1. The fourth-order valence-electron chi connectivity index (χ4n) is 4.38. The fourth-order valence-corrected chi connectivity index (χ4v) is 5.31. The van der Waals surface area contributed by atoms with Crippen molar-refractivity contribution in [1.29, 1.82) is 0 Å². The molecule has 5 nitrogen and oxygen atoms in total. The van der Waals surface area contributed by atoms with Crippen LogP contribution in [0.4, 0.5) is 18.9 Å². The highest BCUT2D eigenvalue weighted by molar-refractivity contribution is 7.12. The number of fused-ring (bicyclic) bond motifs is 5. The van der Waals surface area contributed by atoms with E-state index in [1.54, 1.807) is 0 Å². The van der Waals surface area contributed by atoms with Gasteiger partial charge in [0.2, 0.25) is 0 Å². The van der Waals surface area contributed by atoms with Crippen molar-refractivity contribution < 1.29 is 27.9 Å². The quantitative estimate of drug-likeness (QED) is 0.409. The number of aliphatic carboxylic acids is 1. The standard InChI is InChI=1S/C22H19ClN2OS.C2HF3O2/c1-25-19-8-9-20(25)18-11-16(6-7-17(18)19)24-22(26)21-10-14(12-27-21)13-2-4-15(23)5-3-13;3-2(4,5)1(6)7/h2-7,10-12,19-20H,8-9H2,1H3,(H,24,26);(H,6,7)/t19-,20+;/m1./s1. The van der Waals surface area contributed by atoms with Crippen LogP contribution in [-0.2, 0) is 4.79 Å². The van der Waals surface area contributed by atoms with E-state index >= 15 is 0 Å². The molecule has 1 saturated heterocycles. The van der Waals surface area contributed by atoms with E-state index in [-0.39, 0.29) is 5.91 Å². The summed E-state index contributed by atoms with van der Waals surface area (Å²) in [4.78, 5) is 24.8. The Morgan fingerprint density at radius 3 is 2.26 bits per heavy atom. The summed E-state index contributed by atoms with van der Waals surface area (Å²) in [7, 11) is 2.20. The predicted octanol–water partition coefficient (Wildman–Crippen LogP) is 6.78. The molecule has 2 aliphatic heterocycles. The molecule has 2 bridgehead atoms. The predicted molar refractivity (Wildman–Crippen MR) is 125 cm³/mol. The topological polar surface area (TPSA) is 69.6 Å². The summed E-state index contributed by atoms with van der Waals surface area (Å²) in [6.07, 6.45) is -2.64. The van der Waals surface area contributed by atoms with Crippen LogP contribution in [0.15, 0.2) is 53.9 Å². The van der Waals surface area contributed by atoms with Crippen molar-refractivity contribution in [1.82, 2.24) is 4.90 Å². The second-order valence-electron chi connectivity index (χ2n) is 8.08. The van der Waals surface area contributed by atoms with Crippen molar-refractivity contribution in [3.8, 4) is 11.1 Å². The average molecular weight is 509 g/mol. The molecule has 3 aromatic rings. The zero-order valence-electron chi connectivity index (χ0n) is 17.9. The van der Waals surface area contributed by atoms with E-state index < -0.39 is 12.1 Å². The Labute approximate surface area is 202 Å². The first kappa shape index (κ1) is 24.3. The highest BCUT2D eigenvalue weighted by Gasteiger charge is 2.41. The van der Waals surface area contributed by atoms with Crippen LogP contribution in [0.3, 0.4) is 0 Å². The maximum atomic E-state index is 12.7. The molecule has 1 fully saturated rings. The molecule has 0 spiro atoms. The minimum atomic E-state index is -5.08. The number of rotatable bonds is 3. The summed E-state index contributed by atoms with van der Waals surface area (Å²) in [5, 5.41) is 12.9. The lowest BCUT2D eigenvalue weighted by Gasteiger charge is -2.14. The number of carbonyl (C=O) groups excluding carboxylic acids is 1. The van der Waals surface area contributed by atoms with Gasteiger partial charge in [-0.05, 0) is 77.9 Å². The van der Waals surface area contributed by atoms with Gasteiger partial charge in [-0.3, -0.25) is 9.69 Å². The van der Waals surface area contributed by atoms with Crippen LogP contribution >= 0.6 is 22.9 Å². The van der Waals surface area contributed by atoms with Gasteiger partial charge in [0, 0.05) is 22.8 Å². The molecule has 1 amide bonds. The Balaban J connectivity index is 0.000000344. The molecule has 0 unspecified atom stereocenters. The zero-order valence-corrected chi connectivity index (χ0v) is 19.5. The first-order valence-electron chi connectivity index (χ1n) is 10.4. The maximum absolute atomic E-state index is 12.7. The van der Waals surface area contributed by atoms with Crippen molar-refractivity contribution in [2.24, 2.45) is 0 Å². The number of hydrogen-bond acceptors (Lipinski definition) is 4. The summed E-state index contributed by atoms with van der Waals surface area (Å²) >= 11 is 7.41. The number of nitrogens with zero attached hydrogens (tertiary/aromatic N) is 1. The highest BCUT2D eigenvalue weighted by Crippen LogP contribution is 2.52. The smallest absolute Gasteiger partial charge is 0.475 e. The van der Waals surface area contributed by atoms with Crippen LogP contribution in [0.1, 0.15) is 45.7 Å². The van der Waals surface area contributed by atoms with Crippen molar-refractivity contribution in [2.45, 2.75) is 31.1 Å². The Morgan fingerprint density at radius 1 is 1.03 bits per heavy atom. The highest BCUT2D eigenvalue weighted by atomic mass is 35.5. The third-order valence-corrected chi connectivity index (χ3v) is 7.18. The number of alkyl halides is 3. The molecule has 178 valence electrons. The van der Waals surface area contributed by atoms with E-state index in [4.69, 9.17) is 21.5 Å². The van der Waals surface area contributed by atoms with Crippen LogP contribution in [0.25, 0.3) is 11.1 Å². The Bertz CT molecular complexity index is 1230. The van der Waals surface area contributed by atoms with Gasteiger partial charge in [0.15, 0.2) is 0 Å². The van der Waals surface area contributed by atoms with E-state index in [0.717, 1.165) is 16.8 Å². The van der Waals surface area contributed by atoms with Gasteiger partial charge in [0.1, 0.15) is 0 Å². The van der Waals surface area contributed by atoms with Crippen molar-refractivity contribution >= 4 is 40.5 Å². The van der Waals surface area contributed by atoms with Crippen molar-refractivity contribution in [2.75, 3.05) is 12.4 Å². The van der Waals surface area contributed by atoms with Gasteiger partial charge < -0.3 is 10.4 Å². The maximum Gasteiger partial charge on any atom is 0.490 e. The molecule has 0 saturated carbocycles. The summed E-state index contributed by atoms with van der Waals surface area (Å²) in [6, 6.07) is 17.0. The number of carboxylic acid groups (broad SMARTS) is 1. The van der Waals surface area contributed by atoms with Crippen molar-refractivity contribution in [3.05, 3.63) is 74.9 Å². The van der Waals surface area contributed by atoms with E-state index in [0.29, 0.717) is 22.0 Å². The lowest BCUT2D eigenvalue weighted by molar-refractivity contribution is -0.192. The molecule has 0 aliphatic carbocycles. The number of nitrogens with one attached hydrogen (secondary N) is 1. The molecule has 2 N–H and O–H groups in total. The molecule has 0 radical (unpaired) electrons. The normalized spacial score (nSPS) is 18.7. The minimum Gasteiger partial charge on any atom is -0.475 e. The Morgan fingerprint density at radius 2 is 1.65 bits per heavy atom. The van der Waals surface area contributed by atoms with Crippen molar-refractivity contribution in [3.63, 3.8) is 0 Å². The molecular formula is C24H20ClF3N2O3S. The van der Waals surface area contributed by atoms with Gasteiger partial charge in [0.05, 0.1) is 4.88 Å². The number of halogens is 4. The third-order valence-electron chi connectivity index (χ3n) is 6.00. The molecule has 10 heteroatoms. The van der Waals surface area contributed by atoms with E-state index in [1.165, 1.54) is 35.3 Å². The first-order chi connectivity index (χ1) is 16.0. The largest absolute Gasteiger partial charge is 0.490 e. The summed E-state index contributed by atoms with van der Waals surface area (Å²) in [5.74, 6) is -2.82. The lowest BCUT2D eigenvalue weighted by Crippen LogP contribution is -2.21. The zero-order chi connectivity index (χ0) is 24.6. The number of thiophene rings is 1. The Kier molecular flexibility index (Phi) is 6.71. The van der Waals surface area contributed by atoms with Crippen LogP contribution in [0.2, 0.25) is 5.02 Å². The number of anilines is 1. The number of benzene rings is 2. The first-order valence-corrected chi connectivity index (χ1v) is 11.6. The summed E-state index contributed by atoms with van der Waals surface area (Å²) in [6.45, 7) is 0. The van der Waals surface area contributed by atoms with Gasteiger partial charge in [-0.25, -0.2) is 4.79 Å². The van der Waals surface area contributed by atoms with Gasteiger partial charge in [-0.15, -0.1) is 11.3 Å². The minimum absolute atomic E-state index is 0.0586. The van der Waals surface area contributed by atoms with Gasteiger partial charge in [-0.2, -0.15) is 13.2 Å². The van der Waals surface area contributed by atoms with E-state index in [9.17, 15) is 18.0 Å². The number of hydrogen-bond donors (Lipinski definition) is 2. The average Bonchev–Trinajstić information content (AvgIpc) is 3.48. The van der Waals surface area contributed by atoms with Crippen LogP contribution in [-0.4, -0.2) is 35.1 Å². The second-order valence-corrected chi connectivity index (χ2v) is 9.43. The molecule has 2 atom stereocenters. The van der Waals surface area contributed by atoms with Crippen LogP contribution in [0, 0.1) is 0 Å². The molecule has 1 aromatic heterocycles. The molecular weight excluding hydrogens is 489 g/mol. The molecule has 3 heterocycles. The van der Waals surface area contributed by atoms with Crippen LogP contribution < -0.4 is 5.32 Å². The summed E-state index contributed by atoms with van der Waals surface area (Å²) in [5.41, 5.74) is 5.77. The van der Waals surface area contributed by atoms with E-state index in [2.05, 4.69) is 29.4 Å². The molecule has 34 heavy (non-hydrogen) atoms. The van der Waals surface area contributed by atoms with E-state index in [1.807, 2.05) is 41.8 Å². The molecule has 2 aliphatic rings. The summed E-state index contributed by atoms with van der Waals surface area (Å²) < 4.78 is 31.7. The van der Waals surface area contributed by atoms with Gasteiger partial charge >= 0.3 is 12.1 Å². The lowest BCUT2D eigenvalue weighted by atomic mass is 9.91. The van der Waals surface area contributed by atoms with Gasteiger partial charge in [0.25, 0.3) is 5.91 Å². The fraction of sp³-hybridized carbons (Fsp3) is 0.250. The molecule has 5 rings (SSSR count). The SMILES string of the molecule is CN1[C@@H]2CC[C@H]1c1cc(NC(=O)c3cc(-c4ccc(Cl)cc4)cs3)ccc12.O=C(O)C(F)(F)F. The van der Waals surface area contributed by atoms with Gasteiger partial charge in [-0.1, -0.05) is 29.8 Å². The number of carbonyl (C=O) groups is 2. The molecule has 2 aromatic carbocycles. The second kappa shape index (κ2) is 9.40. The Hall–Kier alpha value is -2.88.